The molecule has 2 aromatic carbocycles. The van der Waals surface area contributed by atoms with Crippen molar-refractivity contribution in [3.05, 3.63) is 66.2 Å². The molecule has 0 radical (unpaired) electrons. The number of anilines is 3. The molecule has 1 aromatic heterocycles. The van der Waals surface area contributed by atoms with Crippen molar-refractivity contribution in [2.24, 2.45) is 0 Å². The smallest absolute Gasteiger partial charge is 0.264 e. The van der Waals surface area contributed by atoms with E-state index < -0.39 is 0 Å². The number of para-hydroxylation sites is 1. The minimum atomic E-state index is -0.386. The maximum Gasteiger partial charge on any atom is 0.264 e. The second-order valence-corrected chi connectivity index (χ2v) is 5.66. The third-order valence-electron chi connectivity index (χ3n) is 4.03. The van der Waals surface area contributed by atoms with Gasteiger partial charge in [0.25, 0.3) is 5.91 Å². The standard InChI is InChI=1S/C20H20N4O3/c1-24(14-8-5-4-6-9-14)18-13-12-17(22-23-18)21-20(25)19-15(26-2)10-7-11-16(19)27-3/h4-13H,1-3H3,(H,21,22,25). The number of hydrogen-bond acceptors (Lipinski definition) is 6. The zero-order valence-corrected chi connectivity index (χ0v) is 15.3. The fourth-order valence-corrected chi connectivity index (χ4v) is 2.61. The lowest BCUT2D eigenvalue weighted by Gasteiger charge is -2.17. The van der Waals surface area contributed by atoms with Crippen molar-refractivity contribution in [1.82, 2.24) is 10.2 Å². The van der Waals surface area contributed by atoms with Gasteiger partial charge in [-0.25, -0.2) is 0 Å². The van der Waals surface area contributed by atoms with Crippen molar-refractivity contribution in [3.8, 4) is 11.5 Å². The van der Waals surface area contributed by atoms with Gasteiger partial charge in [0.15, 0.2) is 11.6 Å². The summed E-state index contributed by atoms with van der Waals surface area (Å²) in [7, 11) is 4.90. The summed E-state index contributed by atoms with van der Waals surface area (Å²) in [5, 5.41) is 11.0. The van der Waals surface area contributed by atoms with Gasteiger partial charge in [0, 0.05) is 12.7 Å². The van der Waals surface area contributed by atoms with E-state index >= 15 is 0 Å². The van der Waals surface area contributed by atoms with Crippen LogP contribution < -0.4 is 19.7 Å². The molecule has 0 saturated carbocycles. The summed E-state index contributed by atoms with van der Waals surface area (Å²) in [6.45, 7) is 0. The summed E-state index contributed by atoms with van der Waals surface area (Å²) in [5.41, 5.74) is 1.29. The van der Waals surface area contributed by atoms with Crippen LogP contribution in [0.5, 0.6) is 11.5 Å². The van der Waals surface area contributed by atoms with Crippen LogP contribution in [0.1, 0.15) is 10.4 Å². The highest BCUT2D eigenvalue weighted by molar-refractivity contribution is 6.07. The van der Waals surface area contributed by atoms with E-state index in [9.17, 15) is 4.79 Å². The zero-order valence-electron chi connectivity index (χ0n) is 15.3. The molecule has 0 fully saturated rings. The monoisotopic (exact) mass is 364 g/mol. The normalized spacial score (nSPS) is 10.2. The highest BCUT2D eigenvalue weighted by Crippen LogP contribution is 2.29. The number of carbonyl (C=O) groups is 1. The molecule has 1 amide bonds. The molecule has 0 aliphatic rings. The molecule has 0 unspecified atom stereocenters. The number of ether oxygens (including phenoxy) is 2. The van der Waals surface area contributed by atoms with Gasteiger partial charge in [0.2, 0.25) is 0 Å². The van der Waals surface area contributed by atoms with Crippen molar-refractivity contribution >= 4 is 23.2 Å². The molecule has 0 bridgehead atoms. The predicted octanol–water partition coefficient (Wildman–Crippen LogP) is 3.51. The first-order valence-electron chi connectivity index (χ1n) is 8.29. The van der Waals surface area contributed by atoms with Crippen LogP contribution in [0.4, 0.5) is 17.3 Å². The van der Waals surface area contributed by atoms with E-state index in [1.54, 1.807) is 30.3 Å². The van der Waals surface area contributed by atoms with Crippen molar-refractivity contribution in [1.29, 1.82) is 0 Å². The van der Waals surface area contributed by atoms with Crippen molar-refractivity contribution in [2.45, 2.75) is 0 Å². The minimum absolute atomic E-state index is 0.301. The maximum absolute atomic E-state index is 12.7. The van der Waals surface area contributed by atoms with E-state index in [2.05, 4.69) is 15.5 Å². The molecule has 3 aromatic rings. The largest absolute Gasteiger partial charge is 0.496 e. The second kappa shape index (κ2) is 8.18. The lowest BCUT2D eigenvalue weighted by molar-refractivity contribution is 0.102. The van der Waals surface area contributed by atoms with E-state index in [0.29, 0.717) is 28.7 Å². The summed E-state index contributed by atoms with van der Waals surface area (Å²) in [6, 6.07) is 18.4. The van der Waals surface area contributed by atoms with Crippen molar-refractivity contribution in [3.63, 3.8) is 0 Å². The van der Waals surface area contributed by atoms with E-state index in [1.807, 2.05) is 42.3 Å². The summed E-state index contributed by atoms with van der Waals surface area (Å²) >= 11 is 0. The topological polar surface area (TPSA) is 76.6 Å². The van der Waals surface area contributed by atoms with E-state index in [-0.39, 0.29) is 5.91 Å². The van der Waals surface area contributed by atoms with Gasteiger partial charge >= 0.3 is 0 Å². The SMILES string of the molecule is COc1cccc(OC)c1C(=O)Nc1ccc(N(C)c2ccccc2)nn1. The average molecular weight is 364 g/mol. The molecule has 138 valence electrons. The van der Waals surface area contributed by atoms with Crippen LogP contribution in [-0.4, -0.2) is 37.4 Å². The third-order valence-corrected chi connectivity index (χ3v) is 4.03. The molecule has 1 heterocycles. The number of benzene rings is 2. The van der Waals surface area contributed by atoms with E-state index in [4.69, 9.17) is 9.47 Å². The second-order valence-electron chi connectivity index (χ2n) is 5.66. The van der Waals surface area contributed by atoms with Crippen LogP contribution in [0.25, 0.3) is 0 Å². The summed E-state index contributed by atoms with van der Waals surface area (Å²) in [5.74, 6) is 1.44. The van der Waals surface area contributed by atoms with Crippen molar-refractivity contribution in [2.75, 3.05) is 31.5 Å². The summed E-state index contributed by atoms with van der Waals surface area (Å²) in [6.07, 6.45) is 0. The van der Waals surface area contributed by atoms with Crippen LogP contribution in [0, 0.1) is 0 Å². The first-order chi connectivity index (χ1) is 13.1. The molecule has 0 atom stereocenters. The Bertz CT molecular complexity index is 892. The number of hydrogen-bond donors (Lipinski definition) is 1. The van der Waals surface area contributed by atoms with Crippen LogP contribution >= 0.6 is 0 Å². The van der Waals surface area contributed by atoms with Gasteiger partial charge in [-0.05, 0) is 36.4 Å². The number of nitrogens with zero attached hydrogens (tertiary/aromatic N) is 3. The Morgan fingerprint density at radius 2 is 1.56 bits per heavy atom. The van der Waals surface area contributed by atoms with Crippen LogP contribution in [0.15, 0.2) is 60.7 Å². The van der Waals surface area contributed by atoms with E-state index in [1.165, 1.54) is 14.2 Å². The number of rotatable bonds is 6. The average Bonchev–Trinajstić information content (AvgIpc) is 2.73. The Morgan fingerprint density at radius 1 is 0.889 bits per heavy atom. The lowest BCUT2D eigenvalue weighted by Crippen LogP contribution is -2.17. The van der Waals surface area contributed by atoms with Gasteiger partial charge < -0.3 is 19.7 Å². The minimum Gasteiger partial charge on any atom is -0.496 e. The lowest BCUT2D eigenvalue weighted by atomic mass is 10.1. The predicted molar refractivity (Wildman–Crippen MR) is 104 cm³/mol. The number of aromatic nitrogens is 2. The quantitative estimate of drug-likeness (QED) is 0.721. The molecule has 0 aliphatic heterocycles. The van der Waals surface area contributed by atoms with Gasteiger partial charge in [-0.3, -0.25) is 4.79 Å². The Kier molecular flexibility index (Phi) is 5.51. The Hall–Kier alpha value is -3.61. The molecule has 7 nitrogen and oxygen atoms in total. The van der Waals surface area contributed by atoms with E-state index in [0.717, 1.165) is 5.69 Å². The van der Waals surface area contributed by atoms with Gasteiger partial charge in [-0.1, -0.05) is 24.3 Å². The molecule has 0 spiro atoms. The van der Waals surface area contributed by atoms with Crippen LogP contribution in [0.2, 0.25) is 0 Å². The van der Waals surface area contributed by atoms with Gasteiger partial charge in [0.05, 0.1) is 14.2 Å². The Labute approximate surface area is 157 Å². The van der Waals surface area contributed by atoms with Gasteiger partial charge in [-0.15, -0.1) is 10.2 Å². The number of nitrogens with one attached hydrogen (secondary N) is 1. The molecule has 27 heavy (non-hydrogen) atoms. The summed E-state index contributed by atoms with van der Waals surface area (Å²) in [4.78, 5) is 14.6. The van der Waals surface area contributed by atoms with Gasteiger partial charge in [0.1, 0.15) is 17.1 Å². The Morgan fingerprint density at radius 3 is 2.11 bits per heavy atom. The fourth-order valence-electron chi connectivity index (χ4n) is 2.61. The first kappa shape index (κ1) is 18.2. The molecule has 0 aliphatic carbocycles. The van der Waals surface area contributed by atoms with Crippen molar-refractivity contribution < 1.29 is 14.3 Å². The maximum atomic E-state index is 12.7. The summed E-state index contributed by atoms with van der Waals surface area (Å²) < 4.78 is 10.5. The van der Waals surface area contributed by atoms with Crippen LogP contribution in [0.3, 0.4) is 0 Å². The molecule has 3 rings (SSSR count). The molecule has 7 heteroatoms. The van der Waals surface area contributed by atoms with Gasteiger partial charge in [-0.2, -0.15) is 0 Å². The number of amides is 1. The third kappa shape index (κ3) is 3.98. The molecular formula is C20H20N4O3. The fraction of sp³-hybridized carbons (Fsp3) is 0.150. The highest BCUT2D eigenvalue weighted by Gasteiger charge is 2.19. The molecular weight excluding hydrogens is 344 g/mol. The highest BCUT2D eigenvalue weighted by atomic mass is 16.5. The number of carbonyl (C=O) groups excluding carboxylic acids is 1. The molecule has 0 saturated heterocycles. The number of methoxy groups -OCH3 is 2. The molecule has 1 N–H and O–H groups in total. The Balaban J connectivity index is 1.78. The van der Waals surface area contributed by atoms with Crippen LogP contribution in [-0.2, 0) is 0 Å². The first-order valence-corrected chi connectivity index (χ1v) is 8.29. The zero-order chi connectivity index (χ0) is 19.2.